The van der Waals surface area contributed by atoms with Gasteiger partial charge in [-0.2, -0.15) is 0 Å². The van der Waals surface area contributed by atoms with E-state index < -0.39 is 35.6 Å². The van der Waals surface area contributed by atoms with Gasteiger partial charge in [-0.1, -0.05) is 37.5 Å². The summed E-state index contributed by atoms with van der Waals surface area (Å²) >= 11 is 0. The smallest absolute Gasteiger partial charge is 0.243 e. The Labute approximate surface area is 152 Å². The number of carbonyl (C=O) groups is 3. The molecule has 0 saturated heterocycles. The first-order chi connectivity index (χ1) is 12.4. The lowest BCUT2D eigenvalue weighted by molar-refractivity contribution is -0.131. The van der Waals surface area contributed by atoms with Crippen LogP contribution in [0.15, 0.2) is 24.3 Å². The molecule has 7 heteroatoms. The van der Waals surface area contributed by atoms with Gasteiger partial charge in [0.15, 0.2) is 0 Å². The van der Waals surface area contributed by atoms with Gasteiger partial charge >= 0.3 is 0 Å². The lowest BCUT2D eigenvalue weighted by atomic mass is 9.83. The van der Waals surface area contributed by atoms with Gasteiger partial charge in [0, 0.05) is 13.3 Å². The number of nitrogens with one attached hydrogen (secondary N) is 2. The summed E-state index contributed by atoms with van der Waals surface area (Å²) in [6.45, 7) is 1.29. The van der Waals surface area contributed by atoms with Gasteiger partial charge in [0.2, 0.25) is 17.7 Å². The van der Waals surface area contributed by atoms with E-state index in [9.17, 15) is 18.8 Å². The zero-order valence-electron chi connectivity index (χ0n) is 15.0. The van der Waals surface area contributed by atoms with Gasteiger partial charge in [-0.05, 0) is 30.4 Å². The van der Waals surface area contributed by atoms with E-state index in [1.807, 2.05) is 0 Å². The molecule has 0 radical (unpaired) electrons. The van der Waals surface area contributed by atoms with Crippen LogP contribution in [-0.4, -0.2) is 29.8 Å². The van der Waals surface area contributed by atoms with E-state index in [0.29, 0.717) is 5.56 Å². The first-order valence-corrected chi connectivity index (χ1v) is 8.98. The van der Waals surface area contributed by atoms with Crippen molar-refractivity contribution in [2.75, 3.05) is 0 Å². The van der Waals surface area contributed by atoms with Crippen LogP contribution in [0.3, 0.4) is 0 Å². The predicted octanol–water partition coefficient (Wildman–Crippen LogP) is 1.42. The fourth-order valence-electron chi connectivity index (χ4n) is 3.48. The minimum absolute atomic E-state index is 0.00311. The molecule has 1 aromatic carbocycles. The number of halogens is 1. The number of primary amides is 1. The molecule has 2 atom stereocenters. The van der Waals surface area contributed by atoms with Crippen molar-refractivity contribution in [2.45, 2.75) is 57.5 Å². The molecule has 0 spiro atoms. The second kappa shape index (κ2) is 9.31. The van der Waals surface area contributed by atoms with E-state index in [-0.39, 0.29) is 12.3 Å². The molecule has 2 rings (SSSR count). The van der Waals surface area contributed by atoms with Crippen LogP contribution in [0.4, 0.5) is 4.39 Å². The highest BCUT2D eigenvalue weighted by molar-refractivity contribution is 5.91. The molecular weight excluding hydrogens is 337 g/mol. The van der Waals surface area contributed by atoms with Gasteiger partial charge < -0.3 is 16.4 Å². The summed E-state index contributed by atoms with van der Waals surface area (Å²) < 4.78 is 13.9. The minimum atomic E-state index is -0.977. The molecule has 142 valence electrons. The van der Waals surface area contributed by atoms with Crippen LogP contribution >= 0.6 is 0 Å². The zero-order chi connectivity index (χ0) is 19.1. The van der Waals surface area contributed by atoms with Crippen molar-refractivity contribution in [1.82, 2.24) is 10.6 Å². The van der Waals surface area contributed by atoms with E-state index in [1.165, 1.54) is 13.0 Å². The molecule has 3 amide bonds. The van der Waals surface area contributed by atoms with Gasteiger partial charge in [0.25, 0.3) is 0 Å². The van der Waals surface area contributed by atoms with Gasteiger partial charge in [-0.25, -0.2) is 4.39 Å². The molecule has 0 aliphatic heterocycles. The average Bonchev–Trinajstić information content (AvgIpc) is 2.60. The monoisotopic (exact) mass is 363 g/mol. The summed E-state index contributed by atoms with van der Waals surface area (Å²) in [5, 5.41) is 5.21. The van der Waals surface area contributed by atoms with E-state index in [0.717, 1.165) is 32.1 Å². The molecule has 1 aliphatic carbocycles. The van der Waals surface area contributed by atoms with Crippen molar-refractivity contribution < 1.29 is 18.8 Å². The summed E-state index contributed by atoms with van der Waals surface area (Å²) in [5.74, 6) is -1.98. The summed E-state index contributed by atoms with van der Waals surface area (Å²) in [7, 11) is 0. The van der Waals surface area contributed by atoms with Crippen LogP contribution < -0.4 is 16.4 Å². The van der Waals surface area contributed by atoms with E-state index in [1.54, 1.807) is 18.2 Å². The molecule has 0 heterocycles. The average molecular weight is 363 g/mol. The number of hydrogen-bond acceptors (Lipinski definition) is 3. The summed E-state index contributed by atoms with van der Waals surface area (Å²) in [6, 6.07) is 4.32. The van der Waals surface area contributed by atoms with Crippen molar-refractivity contribution in [3.8, 4) is 0 Å². The lowest BCUT2D eigenvalue weighted by Crippen LogP contribution is -2.56. The Morgan fingerprint density at radius 2 is 1.81 bits per heavy atom. The maximum Gasteiger partial charge on any atom is 0.243 e. The van der Waals surface area contributed by atoms with E-state index in [2.05, 4.69) is 10.6 Å². The number of nitrogens with two attached hydrogens (primary N) is 1. The van der Waals surface area contributed by atoms with Gasteiger partial charge in [-0.3, -0.25) is 14.4 Å². The Morgan fingerprint density at radius 1 is 1.15 bits per heavy atom. The molecule has 1 saturated carbocycles. The summed E-state index contributed by atoms with van der Waals surface area (Å²) in [4.78, 5) is 36.0. The van der Waals surface area contributed by atoms with Gasteiger partial charge in [0.05, 0.1) is 0 Å². The first-order valence-electron chi connectivity index (χ1n) is 8.98. The highest BCUT2D eigenvalue weighted by atomic mass is 19.1. The van der Waals surface area contributed by atoms with E-state index in [4.69, 9.17) is 5.73 Å². The Morgan fingerprint density at radius 3 is 2.38 bits per heavy atom. The third kappa shape index (κ3) is 5.54. The Balaban J connectivity index is 2.12. The minimum Gasteiger partial charge on any atom is -0.368 e. The Hall–Kier alpha value is -2.44. The first kappa shape index (κ1) is 19.9. The fourth-order valence-corrected chi connectivity index (χ4v) is 3.48. The van der Waals surface area contributed by atoms with Crippen LogP contribution in [-0.2, 0) is 20.8 Å². The maximum atomic E-state index is 13.9. The van der Waals surface area contributed by atoms with Crippen LogP contribution in [0.1, 0.15) is 44.6 Å². The van der Waals surface area contributed by atoms with Crippen LogP contribution in [0.5, 0.6) is 0 Å². The molecule has 26 heavy (non-hydrogen) atoms. The van der Waals surface area contributed by atoms with Crippen LogP contribution in [0.25, 0.3) is 0 Å². The van der Waals surface area contributed by atoms with Crippen molar-refractivity contribution in [1.29, 1.82) is 0 Å². The maximum absolute atomic E-state index is 13.9. The second-order valence-electron chi connectivity index (χ2n) is 6.84. The number of rotatable bonds is 7. The molecule has 1 aliphatic rings. The second-order valence-corrected chi connectivity index (χ2v) is 6.84. The Kier molecular flexibility index (Phi) is 7.12. The molecule has 0 unspecified atom stereocenters. The summed E-state index contributed by atoms with van der Waals surface area (Å²) in [6.07, 6.45) is 4.74. The van der Waals surface area contributed by atoms with Gasteiger partial charge in [-0.15, -0.1) is 0 Å². The van der Waals surface area contributed by atoms with Crippen molar-refractivity contribution in [3.05, 3.63) is 35.6 Å². The molecule has 4 N–H and O–H groups in total. The summed E-state index contributed by atoms with van der Waals surface area (Å²) in [5.41, 5.74) is 5.81. The van der Waals surface area contributed by atoms with Crippen molar-refractivity contribution in [2.24, 2.45) is 11.7 Å². The van der Waals surface area contributed by atoms with Crippen molar-refractivity contribution in [3.63, 3.8) is 0 Å². The molecular formula is C19H26FN3O3. The molecule has 0 aromatic heterocycles. The predicted molar refractivity (Wildman–Crippen MR) is 95.4 cm³/mol. The van der Waals surface area contributed by atoms with Gasteiger partial charge in [0.1, 0.15) is 17.9 Å². The molecule has 0 bridgehead atoms. The highest BCUT2D eigenvalue weighted by Crippen LogP contribution is 2.26. The highest BCUT2D eigenvalue weighted by Gasteiger charge is 2.32. The third-order valence-corrected chi connectivity index (χ3v) is 4.80. The number of carbonyl (C=O) groups excluding carboxylic acids is 3. The quantitative estimate of drug-likeness (QED) is 0.683. The van der Waals surface area contributed by atoms with E-state index >= 15 is 0 Å². The normalized spacial score (nSPS) is 17.2. The number of benzene rings is 1. The number of hydrogen-bond donors (Lipinski definition) is 3. The molecule has 1 aromatic rings. The molecule has 6 nitrogen and oxygen atoms in total. The molecule has 1 fully saturated rings. The Bertz CT molecular complexity index is 659. The lowest BCUT2D eigenvalue weighted by Gasteiger charge is -2.30. The SMILES string of the molecule is CC(=O)N[C@H](Cc1ccccc1F)C(=O)N[C@H](C(N)=O)C1CCCCC1. The van der Waals surface area contributed by atoms with Crippen molar-refractivity contribution >= 4 is 17.7 Å². The third-order valence-electron chi connectivity index (χ3n) is 4.80. The fraction of sp³-hybridized carbons (Fsp3) is 0.526. The number of amides is 3. The zero-order valence-corrected chi connectivity index (χ0v) is 15.0. The van der Waals surface area contributed by atoms with Crippen LogP contribution in [0, 0.1) is 11.7 Å². The van der Waals surface area contributed by atoms with Crippen LogP contribution in [0.2, 0.25) is 0 Å². The topological polar surface area (TPSA) is 101 Å². The largest absolute Gasteiger partial charge is 0.368 e. The standard InChI is InChI=1S/C19H26FN3O3/c1-12(24)22-16(11-14-9-5-6-10-15(14)20)19(26)23-17(18(21)25)13-7-3-2-4-8-13/h5-6,9-10,13,16-17H,2-4,7-8,11H2,1H3,(H2,21,25)(H,22,24)(H,23,26)/t16-,17+/m1/s1.